The largest absolute Gasteiger partial charge is 0.394 e. The van der Waals surface area contributed by atoms with Crippen molar-refractivity contribution in [1.29, 1.82) is 0 Å². The number of hydrogen-bond acceptors (Lipinski definition) is 8. The second-order valence-electron chi connectivity index (χ2n) is 24.7. The van der Waals surface area contributed by atoms with Crippen molar-refractivity contribution in [3.8, 4) is 0 Å². The summed E-state index contributed by atoms with van der Waals surface area (Å²) in [4.78, 5) is 13.1. The molecule has 9 heteroatoms. The number of rotatable bonds is 62. The van der Waals surface area contributed by atoms with Gasteiger partial charge in [0.1, 0.15) is 24.4 Å². The Morgan fingerprint density at radius 2 is 0.697 bits per heavy atom. The molecule has 1 heterocycles. The summed E-state index contributed by atoms with van der Waals surface area (Å²) in [5, 5.41) is 54.8. The van der Waals surface area contributed by atoms with E-state index in [-0.39, 0.29) is 12.5 Å². The van der Waals surface area contributed by atoms with Crippen molar-refractivity contribution in [3.63, 3.8) is 0 Å². The number of aliphatic hydroxyl groups excluding tert-OH is 5. The van der Waals surface area contributed by atoms with Gasteiger partial charge in [0.05, 0.1) is 25.4 Å². The zero-order chi connectivity index (χ0) is 64.2. The Bertz CT molecular complexity index is 1920. The topological polar surface area (TPSA) is 149 Å². The van der Waals surface area contributed by atoms with Crippen LogP contribution in [-0.4, -0.2) is 87.5 Å². The molecule has 0 aliphatic carbocycles. The standard InChI is InChI=1S/C80H135NO8/c1-3-5-7-9-11-13-15-17-19-21-23-25-27-29-31-33-34-35-36-37-38-39-40-42-44-46-48-50-52-54-56-58-60-62-64-66-68-70-76(84)81-73(72-88-80-79(87)78(86)77(85)75(71-82)89-80)74(83)69-67-65-63-61-59-57-55-53-51-49-47-45-43-41-32-30-28-26-24-22-20-18-16-14-12-10-8-6-4-2/h5,7,11,13,17,19,23,25,29,31,34-35,37-38,40,42,46,48,52,54,58,60,67,69,73-75,77-80,82-83,85-87H,3-4,6,8-10,12,14-16,18,20-22,24,26-28,30,32-33,36,39,41,43-45,47,49-51,53,55-57,59,61-66,68,70-72H2,1-2H3,(H,81,84)/b7-5-,13-11-,19-17-,25-23-,31-29-,35-34-,38-37-,42-40-,48-46-,54-52-,60-58-,69-67+. The van der Waals surface area contributed by atoms with Crippen LogP contribution < -0.4 is 5.32 Å². The molecule has 6 N–H and O–H groups in total. The summed E-state index contributed by atoms with van der Waals surface area (Å²) in [7, 11) is 0. The van der Waals surface area contributed by atoms with Gasteiger partial charge in [-0.15, -0.1) is 0 Å². The van der Waals surface area contributed by atoms with Crippen LogP contribution in [0.2, 0.25) is 0 Å². The summed E-state index contributed by atoms with van der Waals surface area (Å²) in [6.45, 7) is 3.67. The predicted octanol–water partition coefficient (Wildman–Crippen LogP) is 20.5. The number of aliphatic hydroxyl groups is 5. The Kier molecular flexibility index (Phi) is 62.5. The van der Waals surface area contributed by atoms with Crippen molar-refractivity contribution in [3.05, 3.63) is 146 Å². The summed E-state index contributed by atoms with van der Waals surface area (Å²) in [6.07, 6.45) is 96.7. The second kappa shape index (κ2) is 67.0. The summed E-state index contributed by atoms with van der Waals surface area (Å²) in [5.41, 5.74) is 0. The maximum absolute atomic E-state index is 13.1. The smallest absolute Gasteiger partial charge is 0.220 e. The number of carbonyl (C=O) groups excluding carboxylic acids is 1. The van der Waals surface area contributed by atoms with Crippen molar-refractivity contribution in [2.75, 3.05) is 13.2 Å². The predicted molar refractivity (Wildman–Crippen MR) is 382 cm³/mol. The van der Waals surface area contributed by atoms with E-state index in [2.05, 4.69) is 153 Å². The van der Waals surface area contributed by atoms with Gasteiger partial charge in [-0.25, -0.2) is 0 Å². The lowest BCUT2D eigenvalue weighted by Crippen LogP contribution is -2.60. The molecule has 0 saturated carbocycles. The third-order valence-electron chi connectivity index (χ3n) is 16.4. The minimum atomic E-state index is -1.58. The second-order valence-corrected chi connectivity index (χ2v) is 24.7. The summed E-state index contributed by atoms with van der Waals surface area (Å²) < 4.78 is 11.3. The number of nitrogens with one attached hydrogen (secondary N) is 1. The van der Waals surface area contributed by atoms with E-state index >= 15 is 0 Å². The lowest BCUT2D eigenvalue weighted by molar-refractivity contribution is -0.302. The SMILES string of the molecule is CC/C=C\C/C=C\C/C=C\C/C=C\C/C=C\C/C=C\C/C=C\C/C=C\C/C=C\C/C=C\C/C=C\CCCCCC(=O)NC(COC1OC(CO)C(O)C(O)C1O)C(O)/C=C/CCCCCCCCCCCCCCCCCCCCCCCCCCCCC. The number of allylic oxidation sites excluding steroid dienone is 23. The molecular formula is C80H135NO8. The summed E-state index contributed by atoms with van der Waals surface area (Å²) >= 11 is 0. The molecule has 0 aromatic heterocycles. The Labute approximate surface area is 546 Å². The Morgan fingerprint density at radius 1 is 0.393 bits per heavy atom. The molecule has 0 aromatic carbocycles. The van der Waals surface area contributed by atoms with Crippen molar-refractivity contribution < 1.29 is 39.8 Å². The highest BCUT2D eigenvalue weighted by molar-refractivity contribution is 5.76. The van der Waals surface area contributed by atoms with E-state index in [0.717, 1.165) is 109 Å². The maximum atomic E-state index is 13.1. The van der Waals surface area contributed by atoms with E-state index in [4.69, 9.17) is 9.47 Å². The lowest BCUT2D eigenvalue weighted by atomic mass is 9.99. The van der Waals surface area contributed by atoms with Gasteiger partial charge in [0.25, 0.3) is 0 Å². The average Bonchev–Trinajstić information content (AvgIpc) is 2.28. The van der Waals surface area contributed by atoms with Gasteiger partial charge >= 0.3 is 0 Å². The highest BCUT2D eigenvalue weighted by atomic mass is 16.7. The number of amides is 1. The summed E-state index contributed by atoms with van der Waals surface area (Å²) in [6, 6.07) is -0.836. The molecule has 1 saturated heterocycles. The maximum Gasteiger partial charge on any atom is 0.220 e. The Hall–Kier alpha value is -3.93. The van der Waals surface area contributed by atoms with Crippen LogP contribution >= 0.6 is 0 Å². The van der Waals surface area contributed by atoms with E-state index in [9.17, 15) is 30.3 Å². The minimum Gasteiger partial charge on any atom is -0.394 e. The molecule has 1 aliphatic heterocycles. The van der Waals surface area contributed by atoms with Crippen LogP contribution in [0, 0.1) is 0 Å². The number of unbranched alkanes of at least 4 members (excludes halogenated alkanes) is 30. The molecule has 89 heavy (non-hydrogen) atoms. The average molecular weight is 1240 g/mol. The van der Waals surface area contributed by atoms with Gasteiger partial charge in [-0.3, -0.25) is 4.79 Å². The first-order chi connectivity index (χ1) is 43.8. The van der Waals surface area contributed by atoms with Gasteiger partial charge in [-0.2, -0.15) is 0 Å². The zero-order valence-electron chi connectivity index (χ0n) is 56.9. The number of ether oxygens (including phenoxy) is 2. The Balaban J connectivity index is 2.19. The molecule has 0 bridgehead atoms. The van der Waals surface area contributed by atoms with Crippen LogP contribution in [0.25, 0.3) is 0 Å². The van der Waals surface area contributed by atoms with Crippen LogP contribution in [0.15, 0.2) is 146 Å². The molecule has 1 aliphatic rings. The third kappa shape index (κ3) is 55.4. The molecule has 9 nitrogen and oxygen atoms in total. The van der Waals surface area contributed by atoms with Crippen LogP contribution in [0.5, 0.6) is 0 Å². The van der Waals surface area contributed by atoms with Crippen molar-refractivity contribution in [1.82, 2.24) is 5.32 Å². The van der Waals surface area contributed by atoms with Gasteiger partial charge in [0.2, 0.25) is 5.91 Å². The molecule has 1 rings (SSSR count). The van der Waals surface area contributed by atoms with Crippen molar-refractivity contribution in [2.24, 2.45) is 0 Å². The normalized spacial score (nSPS) is 18.8. The van der Waals surface area contributed by atoms with Crippen LogP contribution in [0.1, 0.15) is 296 Å². The highest BCUT2D eigenvalue weighted by Gasteiger charge is 2.44. The molecule has 7 unspecified atom stereocenters. The van der Waals surface area contributed by atoms with Gasteiger partial charge in [-0.1, -0.05) is 333 Å². The van der Waals surface area contributed by atoms with E-state index in [0.29, 0.717) is 12.8 Å². The molecule has 1 fully saturated rings. The van der Waals surface area contributed by atoms with Crippen molar-refractivity contribution in [2.45, 2.75) is 339 Å². The molecule has 508 valence electrons. The summed E-state index contributed by atoms with van der Waals surface area (Å²) in [5.74, 6) is -0.211. The molecular weight excluding hydrogens is 1100 g/mol. The van der Waals surface area contributed by atoms with E-state index in [1.165, 1.54) is 161 Å². The number of hydrogen-bond donors (Lipinski definition) is 6. The van der Waals surface area contributed by atoms with Crippen molar-refractivity contribution >= 4 is 5.91 Å². The minimum absolute atomic E-state index is 0.210. The zero-order valence-corrected chi connectivity index (χ0v) is 56.9. The van der Waals surface area contributed by atoms with Crippen LogP contribution in [0.4, 0.5) is 0 Å². The van der Waals surface area contributed by atoms with Gasteiger partial charge in [-0.05, 0) is 103 Å². The van der Waals surface area contributed by atoms with Gasteiger partial charge in [0.15, 0.2) is 6.29 Å². The van der Waals surface area contributed by atoms with Crippen LogP contribution in [-0.2, 0) is 14.3 Å². The quantitative estimate of drug-likeness (QED) is 0.0261. The van der Waals surface area contributed by atoms with Crippen LogP contribution in [0.3, 0.4) is 0 Å². The fourth-order valence-electron chi connectivity index (χ4n) is 10.8. The highest BCUT2D eigenvalue weighted by Crippen LogP contribution is 2.23. The first-order valence-corrected chi connectivity index (χ1v) is 36.6. The monoisotopic (exact) mass is 1240 g/mol. The van der Waals surface area contributed by atoms with E-state index in [1.54, 1.807) is 6.08 Å². The molecule has 0 radical (unpaired) electrons. The first-order valence-electron chi connectivity index (χ1n) is 36.6. The Morgan fingerprint density at radius 3 is 1.03 bits per heavy atom. The van der Waals surface area contributed by atoms with Gasteiger partial charge in [0, 0.05) is 6.42 Å². The molecule has 0 spiro atoms. The molecule has 1 amide bonds. The molecule has 0 aromatic rings. The number of carbonyl (C=O) groups is 1. The fraction of sp³-hybridized carbons (Fsp3) is 0.688. The van der Waals surface area contributed by atoms with E-state index < -0.39 is 49.5 Å². The van der Waals surface area contributed by atoms with E-state index in [1.807, 2.05) is 6.08 Å². The fourth-order valence-corrected chi connectivity index (χ4v) is 10.8. The third-order valence-corrected chi connectivity index (χ3v) is 16.4. The molecule has 7 atom stereocenters. The lowest BCUT2D eigenvalue weighted by Gasteiger charge is -2.40. The first kappa shape index (κ1) is 83.1. The van der Waals surface area contributed by atoms with Gasteiger partial charge < -0.3 is 40.3 Å².